The van der Waals surface area contributed by atoms with E-state index < -0.39 is 58.3 Å². The van der Waals surface area contributed by atoms with Crippen molar-refractivity contribution in [2.75, 3.05) is 10.5 Å². The second-order valence-corrected chi connectivity index (χ2v) is 10.2. The Bertz CT molecular complexity index is 1530. The molecule has 0 aliphatic heterocycles. The van der Waals surface area contributed by atoms with Crippen molar-refractivity contribution in [2.45, 2.75) is 16.7 Å². The standard InChI is InChI=1S/C21H16N2O7S2.Na/c1-11-6-8-12(9-7-11)23-31(26,27)15-10-16(32(28,29)30)19(22)18-17(15)20(24)13-4-2-3-5-14(13)21(18)25;/h2-10,23H,22H2,1H3,(H,28,29,30);/q;+1/p-1. The van der Waals surface area contributed by atoms with E-state index in [0.717, 1.165) is 5.56 Å². The summed E-state index contributed by atoms with van der Waals surface area (Å²) in [6.07, 6.45) is 0. The summed E-state index contributed by atoms with van der Waals surface area (Å²) in [4.78, 5) is 24.4. The molecule has 3 aromatic carbocycles. The average molecular weight is 494 g/mol. The SMILES string of the molecule is Cc1ccc(NS(=O)(=O)c2cc(S(=O)(=O)[O-])c(N)c3c2C(=O)c2ccccc2C3=O)cc1.[Na+]. The third-order valence-corrected chi connectivity index (χ3v) is 7.31. The molecule has 0 radical (unpaired) electrons. The van der Waals surface area contributed by atoms with Gasteiger partial charge in [-0.2, -0.15) is 0 Å². The fourth-order valence-electron chi connectivity index (χ4n) is 3.51. The number of anilines is 2. The number of carbonyl (C=O) groups excluding carboxylic acids is 2. The molecule has 0 heterocycles. The molecule has 33 heavy (non-hydrogen) atoms. The Morgan fingerprint density at radius 2 is 1.33 bits per heavy atom. The molecule has 0 fully saturated rings. The van der Waals surface area contributed by atoms with Gasteiger partial charge in [-0.1, -0.05) is 42.0 Å². The first-order valence-corrected chi connectivity index (χ1v) is 12.0. The first kappa shape index (κ1) is 25.1. The van der Waals surface area contributed by atoms with Gasteiger partial charge in [0.1, 0.15) is 15.0 Å². The first-order chi connectivity index (χ1) is 14.9. The molecule has 164 valence electrons. The number of benzene rings is 3. The van der Waals surface area contributed by atoms with Crippen LogP contribution in [-0.2, 0) is 20.1 Å². The summed E-state index contributed by atoms with van der Waals surface area (Å²) in [5.41, 5.74) is 4.68. The van der Waals surface area contributed by atoms with E-state index in [2.05, 4.69) is 4.72 Å². The van der Waals surface area contributed by atoms with Gasteiger partial charge in [-0.15, -0.1) is 0 Å². The number of nitrogens with one attached hydrogen (secondary N) is 1. The number of aryl methyl sites for hydroxylation is 1. The van der Waals surface area contributed by atoms with E-state index in [4.69, 9.17) is 5.73 Å². The molecule has 0 unspecified atom stereocenters. The normalized spacial score (nSPS) is 13.0. The van der Waals surface area contributed by atoms with Crippen molar-refractivity contribution in [1.82, 2.24) is 0 Å². The van der Waals surface area contributed by atoms with Gasteiger partial charge >= 0.3 is 29.6 Å². The first-order valence-electron chi connectivity index (χ1n) is 9.12. The minimum atomic E-state index is -5.28. The van der Waals surface area contributed by atoms with Crippen molar-refractivity contribution >= 4 is 43.1 Å². The Morgan fingerprint density at radius 3 is 1.85 bits per heavy atom. The molecule has 0 saturated carbocycles. The van der Waals surface area contributed by atoms with Gasteiger partial charge in [0, 0.05) is 16.8 Å². The molecule has 4 rings (SSSR count). The zero-order valence-corrected chi connectivity index (χ0v) is 21.1. The minimum absolute atomic E-state index is 0. The van der Waals surface area contributed by atoms with Crippen molar-refractivity contribution in [3.63, 3.8) is 0 Å². The largest absolute Gasteiger partial charge is 1.00 e. The van der Waals surface area contributed by atoms with Crippen LogP contribution in [0.1, 0.15) is 37.4 Å². The molecule has 0 atom stereocenters. The van der Waals surface area contributed by atoms with Crippen molar-refractivity contribution in [2.24, 2.45) is 0 Å². The Hall–Kier alpha value is -2.54. The Labute approximate surface area is 212 Å². The molecule has 0 bridgehead atoms. The van der Waals surface area contributed by atoms with E-state index in [-0.39, 0.29) is 46.4 Å². The summed E-state index contributed by atoms with van der Waals surface area (Å²) < 4.78 is 64.0. The van der Waals surface area contributed by atoms with E-state index >= 15 is 0 Å². The molecule has 9 nitrogen and oxygen atoms in total. The van der Waals surface area contributed by atoms with Gasteiger partial charge in [-0.25, -0.2) is 16.8 Å². The number of hydrogen-bond acceptors (Lipinski definition) is 8. The van der Waals surface area contributed by atoms with Gasteiger partial charge in [0.05, 0.1) is 21.7 Å². The summed E-state index contributed by atoms with van der Waals surface area (Å²) in [5, 5.41) is 0. The number of rotatable bonds is 4. The van der Waals surface area contributed by atoms with Crippen molar-refractivity contribution < 1.29 is 60.5 Å². The number of fused-ring (bicyclic) bond motifs is 2. The molecule has 0 saturated heterocycles. The van der Waals surface area contributed by atoms with Crippen molar-refractivity contribution in [1.29, 1.82) is 0 Å². The number of sulfonamides is 1. The van der Waals surface area contributed by atoms with Gasteiger partial charge in [0.25, 0.3) is 10.0 Å². The average Bonchev–Trinajstić information content (AvgIpc) is 2.72. The zero-order valence-electron chi connectivity index (χ0n) is 17.4. The molecular weight excluding hydrogens is 479 g/mol. The molecule has 3 aromatic rings. The fraction of sp³-hybridized carbons (Fsp3) is 0.0476. The van der Waals surface area contributed by atoms with Gasteiger partial charge in [-0.05, 0) is 25.1 Å². The van der Waals surface area contributed by atoms with Crippen LogP contribution < -0.4 is 40.0 Å². The zero-order chi connectivity index (χ0) is 23.4. The van der Waals surface area contributed by atoms with Gasteiger partial charge in [0.15, 0.2) is 11.6 Å². The van der Waals surface area contributed by atoms with Crippen LogP contribution in [0.25, 0.3) is 0 Å². The smallest absolute Gasteiger partial charge is 0.744 e. The predicted octanol–water partition coefficient (Wildman–Crippen LogP) is -0.938. The monoisotopic (exact) mass is 494 g/mol. The van der Waals surface area contributed by atoms with Crippen LogP contribution in [-0.4, -0.2) is 33.0 Å². The Kier molecular flexibility index (Phi) is 6.59. The third kappa shape index (κ3) is 4.35. The number of nitrogen functional groups attached to an aromatic ring is 1. The van der Waals surface area contributed by atoms with Crippen LogP contribution >= 0.6 is 0 Å². The van der Waals surface area contributed by atoms with Crippen LogP contribution in [0, 0.1) is 6.92 Å². The van der Waals surface area contributed by atoms with E-state index in [1.165, 1.54) is 36.4 Å². The van der Waals surface area contributed by atoms with E-state index in [1.54, 1.807) is 19.1 Å². The summed E-state index contributed by atoms with van der Waals surface area (Å²) in [5.74, 6) is -1.69. The quantitative estimate of drug-likeness (QED) is 0.209. The second-order valence-electron chi connectivity index (χ2n) is 7.17. The fourth-order valence-corrected chi connectivity index (χ4v) is 5.51. The number of carbonyl (C=O) groups is 2. The van der Waals surface area contributed by atoms with Crippen LogP contribution in [0.3, 0.4) is 0 Å². The third-order valence-electron chi connectivity index (χ3n) is 5.03. The molecule has 3 N–H and O–H groups in total. The van der Waals surface area contributed by atoms with Gasteiger partial charge in [-0.3, -0.25) is 14.3 Å². The van der Waals surface area contributed by atoms with Crippen molar-refractivity contribution in [3.05, 3.63) is 82.4 Å². The van der Waals surface area contributed by atoms with Crippen LogP contribution in [0.5, 0.6) is 0 Å². The van der Waals surface area contributed by atoms with Crippen molar-refractivity contribution in [3.8, 4) is 0 Å². The van der Waals surface area contributed by atoms with E-state index in [1.807, 2.05) is 0 Å². The molecule has 0 amide bonds. The maximum Gasteiger partial charge on any atom is 1.00 e. The van der Waals surface area contributed by atoms with Gasteiger partial charge < -0.3 is 10.3 Å². The molecule has 12 heteroatoms. The Morgan fingerprint density at radius 1 is 0.818 bits per heavy atom. The molecule has 1 aliphatic carbocycles. The van der Waals surface area contributed by atoms with Crippen LogP contribution in [0.2, 0.25) is 0 Å². The summed E-state index contributed by atoms with van der Waals surface area (Å²) in [7, 11) is -9.89. The maximum absolute atomic E-state index is 13.2. The number of ketones is 2. The molecule has 0 spiro atoms. The Balaban J connectivity index is 0.00000306. The van der Waals surface area contributed by atoms with E-state index in [0.29, 0.717) is 6.07 Å². The summed E-state index contributed by atoms with van der Waals surface area (Å²) >= 11 is 0. The number of hydrogen-bond donors (Lipinski definition) is 2. The minimum Gasteiger partial charge on any atom is -0.744 e. The topological polar surface area (TPSA) is 164 Å². The molecular formula is C21H15N2NaO7S2. The van der Waals surface area contributed by atoms with Crippen LogP contribution in [0.4, 0.5) is 11.4 Å². The summed E-state index contributed by atoms with van der Waals surface area (Å²) in [6.45, 7) is 1.79. The van der Waals surface area contributed by atoms with Gasteiger partial charge in [0.2, 0.25) is 0 Å². The predicted molar refractivity (Wildman–Crippen MR) is 114 cm³/mol. The van der Waals surface area contributed by atoms with E-state index in [9.17, 15) is 31.0 Å². The van der Waals surface area contributed by atoms with Crippen LogP contribution in [0.15, 0.2) is 64.4 Å². The number of nitrogens with two attached hydrogens (primary N) is 1. The maximum atomic E-state index is 13.2. The second kappa shape index (κ2) is 8.67. The molecule has 0 aromatic heterocycles. The summed E-state index contributed by atoms with van der Waals surface area (Å²) in [6, 6.07) is 12.4. The molecule has 1 aliphatic rings.